The Morgan fingerprint density at radius 1 is 1.29 bits per heavy atom. The largest absolute Gasteiger partial charge is 0.339 e. The highest BCUT2D eigenvalue weighted by Crippen LogP contribution is 2.25. The van der Waals surface area contributed by atoms with E-state index in [2.05, 4.69) is 20.8 Å². The SMILES string of the molecule is CCN(C(=O)CSc1nnnn1-c1cccc(NC(C)=O)c1)C1CCCCC1. The van der Waals surface area contributed by atoms with Crippen LogP contribution < -0.4 is 5.32 Å². The predicted molar refractivity (Wildman–Crippen MR) is 108 cm³/mol. The molecule has 150 valence electrons. The molecule has 0 spiro atoms. The van der Waals surface area contributed by atoms with Crippen LogP contribution in [0, 0.1) is 0 Å². The van der Waals surface area contributed by atoms with Gasteiger partial charge in [0.25, 0.3) is 0 Å². The molecule has 1 aliphatic rings. The molecule has 1 aliphatic carbocycles. The molecule has 1 N–H and O–H groups in total. The summed E-state index contributed by atoms with van der Waals surface area (Å²) in [6, 6.07) is 7.63. The summed E-state index contributed by atoms with van der Waals surface area (Å²) in [6.07, 6.45) is 5.86. The van der Waals surface area contributed by atoms with Gasteiger partial charge in [-0.3, -0.25) is 9.59 Å². The molecule has 2 amide bonds. The number of amides is 2. The minimum atomic E-state index is -0.142. The molecule has 0 atom stereocenters. The van der Waals surface area contributed by atoms with Crippen molar-refractivity contribution in [3.05, 3.63) is 24.3 Å². The fourth-order valence-corrected chi connectivity index (χ4v) is 4.37. The van der Waals surface area contributed by atoms with E-state index in [9.17, 15) is 9.59 Å². The van der Waals surface area contributed by atoms with E-state index in [-0.39, 0.29) is 11.8 Å². The van der Waals surface area contributed by atoms with Crippen molar-refractivity contribution >= 4 is 29.3 Å². The zero-order valence-corrected chi connectivity index (χ0v) is 17.1. The number of nitrogens with one attached hydrogen (secondary N) is 1. The number of hydrogen-bond acceptors (Lipinski definition) is 6. The molecule has 3 rings (SSSR count). The van der Waals surface area contributed by atoms with Gasteiger partial charge < -0.3 is 10.2 Å². The molecule has 1 saturated carbocycles. The maximum Gasteiger partial charge on any atom is 0.233 e. The van der Waals surface area contributed by atoms with Crippen LogP contribution in [-0.4, -0.2) is 55.3 Å². The van der Waals surface area contributed by atoms with E-state index in [0.717, 1.165) is 25.1 Å². The molecule has 1 aromatic carbocycles. The van der Waals surface area contributed by atoms with Gasteiger partial charge >= 0.3 is 0 Å². The van der Waals surface area contributed by atoms with Crippen LogP contribution in [0.2, 0.25) is 0 Å². The summed E-state index contributed by atoms with van der Waals surface area (Å²) < 4.78 is 1.58. The topological polar surface area (TPSA) is 93.0 Å². The van der Waals surface area contributed by atoms with Crippen LogP contribution in [0.25, 0.3) is 5.69 Å². The molecule has 8 nitrogen and oxygen atoms in total. The Labute approximate surface area is 169 Å². The maximum atomic E-state index is 12.8. The third-order valence-corrected chi connectivity index (χ3v) is 5.76. The molecule has 0 aliphatic heterocycles. The number of hydrogen-bond donors (Lipinski definition) is 1. The first-order valence-electron chi connectivity index (χ1n) is 9.67. The summed E-state index contributed by atoms with van der Waals surface area (Å²) in [6.45, 7) is 4.23. The van der Waals surface area contributed by atoms with E-state index in [0.29, 0.717) is 22.6 Å². The number of thioether (sulfide) groups is 1. The Balaban J connectivity index is 1.67. The monoisotopic (exact) mass is 402 g/mol. The highest BCUT2D eigenvalue weighted by molar-refractivity contribution is 7.99. The van der Waals surface area contributed by atoms with Gasteiger partial charge in [-0.2, -0.15) is 4.68 Å². The molecular weight excluding hydrogens is 376 g/mol. The first kappa shape index (κ1) is 20.3. The van der Waals surface area contributed by atoms with Gasteiger partial charge in [-0.15, -0.1) is 5.10 Å². The third-order valence-electron chi connectivity index (χ3n) is 4.85. The second-order valence-corrected chi connectivity index (χ2v) is 7.81. The van der Waals surface area contributed by atoms with E-state index >= 15 is 0 Å². The third kappa shape index (κ3) is 5.09. The zero-order valence-electron chi connectivity index (χ0n) is 16.3. The normalized spacial score (nSPS) is 14.6. The standard InChI is InChI=1S/C19H26N6O2S/c1-3-24(16-9-5-4-6-10-16)18(27)13-28-19-21-22-23-25(19)17-11-7-8-15(12-17)20-14(2)26/h7-8,11-12,16H,3-6,9-10,13H2,1-2H3,(H,20,26). The summed E-state index contributed by atoms with van der Waals surface area (Å²) in [4.78, 5) is 26.0. The molecule has 0 unspecified atom stereocenters. The zero-order chi connectivity index (χ0) is 19.9. The van der Waals surface area contributed by atoms with Gasteiger partial charge in [-0.1, -0.05) is 37.1 Å². The van der Waals surface area contributed by atoms with Crippen molar-refractivity contribution in [2.24, 2.45) is 0 Å². The molecule has 0 bridgehead atoms. The minimum Gasteiger partial charge on any atom is -0.339 e. The Morgan fingerprint density at radius 2 is 2.07 bits per heavy atom. The highest BCUT2D eigenvalue weighted by atomic mass is 32.2. The van der Waals surface area contributed by atoms with Crippen LogP contribution in [-0.2, 0) is 9.59 Å². The summed E-state index contributed by atoms with van der Waals surface area (Å²) in [5, 5.41) is 15.1. The lowest BCUT2D eigenvalue weighted by molar-refractivity contribution is -0.131. The van der Waals surface area contributed by atoms with Crippen molar-refractivity contribution in [3.8, 4) is 5.69 Å². The Kier molecular flexibility index (Phi) is 7.02. The van der Waals surface area contributed by atoms with E-state index in [1.54, 1.807) is 16.8 Å². The smallest absolute Gasteiger partial charge is 0.233 e. The Hall–Kier alpha value is -2.42. The summed E-state index contributed by atoms with van der Waals surface area (Å²) >= 11 is 1.33. The number of benzene rings is 1. The fourth-order valence-electron chi connectivity index (χ4n) is 3.59. The molecule has 1 aromatic heterocycles. The molecule has 0 radical (unpaired) electrons. The van der Waals surface area contributed by atoms with E-state index in [1.165, 1.54) is 37.9 Å². The number of carbonyl (C=O) groups is 2. The number of aromatic nitrogens is 4. The van der Waals surface area contributed by atoms with Gasteiger partial charge in [0.15, 0.2) is 0 Å². The van der Waals surface area contributed by atoms with Gasteiger partial charge in [0.1, 0.15) is 0 Å². The van der Waals surface area contributed by atoms with Gasteiger partial charge in [-0.05, 0) is 48.4 Å². The van der Waals surface area contributed by atoms with Crippen LogP contribution in [0.5, 0.6) is 0 Å². The van der Waals surface area contributed by atoms with Gasteiger partial charge in [-0.25, -0.2) is 0 Å². The summed E-state index contributed by atoms with van der Waals surface area (Å²) in [5.74, 6) is 0.285. The van der Waals surface area contributed by atoms with E-state index < -0.39 is 0 Å². The van der Waals surface area contributed by atoms with Crippen molar-refractivity contribution in [1.82, 2.24) is 25.1 Å². The van der Waals surface area contributed by atoms with Crippen molar-refractivity contribution in [1.29, 1.82) is 0 Å². The molecule has 9 heteroatoms. The first-order chi connectivity index (χ1) is 13.6. The second kappa shape index (κ2) is 9.68. The van der Waals surface area contributed by atoms with Crippen LogP contribution in [0.15, 0.2) is 29.4 Å². The fraction of sp³-hybridized carbons (Fsp3) is 0.526. The number of carbonyl (C=O) groups excluding carboxylic acids is 2. The van der Waals surface area contributed by atoms with Gasteiger partial charge in [0.05, 0.1) is 11.4 Å². The van der Waals surface area contributed by atoms with Gasteiger partial charge in [0.2, 0.25) is 17.0 Å². The first-order valence-corrected chi connectivity index (χ1v) is 10.7. The van der Waals surface area contributed by atoms with E-state index in [4.69, 9.17) is 0 Å². The highest BCUT2D eigenvalue weighted by Gasteiger charge is 2.24. The quantitative estimate of drug-likeness (QED) is 0.716. The van der Waals surface area contributed by atoms with Crippen LogP contribution in [0.3, 0.4) is 0 Å². The lowest BCUT2D eigenvalue weighted by Gasteiger charge is -2.33. The summed E-state index contributed by atoms with van der Waals surface area (Å²) in [7, 11) is 0. The molecule has 28 heavy (non-hydrogen) atoms. The van der Waals surface area contributed by atoms with Crippen molar-refractivity contribution < 1.29 is 9.59 Å². The molecule has 1 fully saturated rings. The Bertz CT molecular complexity index is 818. The van der Waals surface area contributed by atoms with Crippen molar-refractivity contribution in [2.45, 2.75) is 57.1 Å². The predicted octanol–water partition coefficient (Wildman–Crippen LogP) is 2.89. The minimum absolute atomic E-state index is 0.126. The maximum absolute atomic E-state index is 12.8. The average molecular weight is 403 g/mol. The Morgan fingerprint density at radius 3 is 2.79 bits per heavy atom. The average Bonchev–Trinajstić information content (AvgIpc) is 3.16. The van der Waals surface area contributed by atoms with Crippen LogP contribution in [0.4, 0.5) is 5.69 Å². The number of tetrazole rings is 1. The second-order valence-electron chi connectivity index (χ2n) is 6.87. The molecule has 0 saturated heterocycles. The number of rotatable bonds is 7. The molecule has 2 aromatic rings. The number of anilines is 1. The molecular formula is C19H26N6O2S. The van der Waals surface area contributed by atoms with Crippen LogP contribution in [0.1, 0.15) is 46.0 Å². The molecule has 1 heterocycles. The van der Waals surface area contributed by atoms with Crippen LogP contribution >= 0.6 is 11.8 Å². The van der Waals surface area contributed by atoms with Gasteiger partial charge in [0, 0.05) is 25.2 Å². The lowest BCUT2D eigenvalue weighted by atomic mass is 9.94. The number of nitrogens with zero attached hydrogens (tertiary/aromatic N) is 5. The van der Waals surface area contributed by atoms with Crippen molar-refractivity contribution in [3.63, 3.8) is 0 Å². The van der Waals surface area contributed by atoms with E-state index in [1.807, 2.05) is 24.0 Å². The lowest BCUT2D eigenvalue weighted by Crippen LogP contribution is -2.42. The summed E-state index contributed by atoms with van der Waals surface area (Å²) in [5.41, 5.74) is 1.40. The van der Waals surface area contributed by atoms with Crippen molar-refractivity contribution in [2.75, 3.05) is 17.6 Å².